The Hall–Kier alpha value is -2.98. The Morgan fingerprint density at radius 1 is 1.13 bits per heavy atom. The molecule has 7 nitrogen and oxygen atoms in total. The van der Waals surface area contributed by atoms with Crippen LogP contribution in [-0.2, 0) is 11.3 Å². The summed E-state index contributed by atoms with van der Waals surface area (Å²) in [7, 11) is 1.62. The summed E-state index contributed by atoms with van der Waals surface area (Å²) in [4.78, 5) is 5.35. The highest BCUT2D eigenvalue weighted by atomic mass is 32.2. The maximum Gasteiger partial charge on any atom is 0.154 e. The SMILES string of the molecule is COCCOc1cc(CN(O)Sc2ccc(F)cc2)cc(-c2cn3ncccc3n2)c1. The topological polar surface area (TPSA) is 72.1 Å². The molecule has 2 heterocycles. The van der Waals surface area contributed by atoms with Gasteiger partial charge < -0.3 is 14.7 Å². The summed E-state index contributed by atoms with van der Waals surface area (Å²) in [6.45, 7) is 1.09. The van der Waals surface area contributed by atoms with Gasteiger partial charge in [0.25, 0.3) is 0 Å². The first-order chi connectivity index (χ1) is 15.1. The summed E-state index contributed by atoms with van der Waals surface area (Å²) in [6.07, 6.45) is 3.54. The monoisotopic (exact) mass is 440 g/mol. The number of imidazole rings is 1. The second kappa shape index (κ2) is 9.88. The maximum absolute atomic E-state index is 13.1. The van der Waals surface area contributed by atoms with Gasteiger partial charge in [0, 0.05) is 23.8 Å². The standard InChI is InChI=1S/C22H21FN4O3S/c1-29-9-10-30-19-12-16(14-27(28)31-20-6-4-18(23)5-7-20)11-17(13-19)21-15-26-22(25-21)3-2-8-24-26/h2-8,11-13,15,28H,9-10,14H2,1H3. The quantitative estimate of drug-likeness (QED) is 0.234. The van der Waals surface area contributed by atoms with E-state index in [4.69, 9.17) is 9.47 Å². The fourth-order valence-corrected chi connectivity index (χ4v) is 3.72. The molecule has 1 N–H and O–H groups in total. The lowest BCUT2D eigenvalue weighted by molar-refractivity contribution is 0.00886. The van der Waals surface area contributed by atoms with Crippen molar-refractivity contribution < 1.29 is 19.1 Å². The molecule has 2 aromatic carbocycles. The van der Waals surface area contributed by atoms with Crippen LogP contribution in [0, 0.1) is 5.82 Å². The predicted octanol–water partition coefficient (Wildman–Crippen LogP) is 4.46. The molecule has 160 valence electrons. The van der Waals surface area contributed by atoms with Crippen LogP contribution in [0.25, 0.3) is 16.9 Å². The van der Waals surface area contributed by atoms with Crippen LogP contribution in [0.15, 0.2) is 71.9 Å². The maximum atomic E-state index is 13.1. The number of fused-ring (bicyclic) bond motifs is 1. The number of hydroxylamine groups is 1. The van der Waals surface area contributed by atoms with E-state index in [-0.39, 0.29) is 12.4 Å². The number of methoxy groups -OCH3 is 1. The highest BCUT2D eigenvalue weighted by Gasteiger charge is 2.12. The third-order valence-corrected chi connectivity index (χ3v) is 5.22. The fourth-order valence-electron chi connectivity index (χ4n) is 3.00. The Morgan fingerprint density at radius 3 is 2.74 bits per heavy atom. The average molecular weight is 441 g/mol. The fraction of sp³-hybridized carbons (Fsp3) is 0.182. The van der Waals surface area contributed by atoms with E-state index in [2.05, 4.69) is 10.1 Å². The number of aromatic nitrogens is 3. The van der Waals surface area contributed by atoms with Gasteiger partial charge in [-0.25, -0.2) is 13.9 Å². The number of benzene rings is 2. The number of halogens is 1. The molecule has 4 aromatic rings. The number of ether oxygens (including phenoxy) is 2. The number of rotatable bonds is 9. The number of hydrogen-bond donors (Lipinski definition) is 1. The Morgan fingerprint density at radius 2 is 1.97 bits per heavy atom. The van der Waals surface area contributed by atoms with Crippen molar-refractivity contribution in [2.75, 3.05) is 20.3 Å². The van der Waals surface area contributed by atoms with Gasteiger partial charge in [0.15, 0.2) is 5.65 Å². The minimum atomic E-state index is -0.318. The van der Waals surface area contributed by atoms with Gasteiger partial charge in [-0.2, -0.15) is 5.10 Å². The molecular formula is C22H21FN4O3S. The highest BCUT2D eigenvalue weighted by molar-refractivity contribution is 7.96. The van der Waals surface area contributed by atoms with Crippen LogP contribution in [-0.4, -0.2) is 44.6 Å². The predicted molar refractivity (Wildman–Crippen MR) is 115 cm³/mol. The van der Waals surface area contributed by atoms with Gasteiger partial charge in [-0.05, 0) is 72.1 Å². The van der Waals surface area contributed by atoms with Crippen LogP contribution in [0.2, 0.25) is 0 Å². The van der Waals surface area contributed by atoms with Crippen LogP contribution in [0.1, 0.15) is 5.56 Å². The molecule has 0 aliphatic carbocycles. The van der Waals surface area contributed by atoms with Gasteiger partial charge in [-0.15, -0.1) is 4.47 Å². The molecule has 0 aliphatic heterocycles. The zero-order valence-electron chi connectivity index (χ0n) is 16.8. The van der Waals surface area contributed by atoms with Crippen LogP contribution in [0.5, 0.6) is 5.75 Å². The molecule has 0 amide bonds. The minimum Gasteiger partial charge on any atom is -0.491 e. The molecule has 0 spiro atoms. The van der Waals surface area contributed by atoms with Gasteiger partial charge in [0.2, 0.25) is 0 Å². The zero-order valence-corrected chi connectivity index (χ0v) is 17.6. The number of hydrogen-bond acceptors (Lipinski definition) is 7. The lowest BCUT2D eigenvalue weighted by Gasteiger charge is -2.15. The lowest BCUT2D eigenvalue weighted by atomic mass is 10.1. The first kappa shape index (κ1) is 21.3. The second-order valence-corrected chi connectivity index (χ2v) is 7.79. The van der Waals surface area contributed by atoms with E-state index in [1.807, 2.05) is 36.5 Å². The van der Waals surface area contributed by atoms with Gasteiger partial charge in [0.1, 0.15) is 18.2 Å². The van der Waals surface area contributed by atoms with Crippen molar-refractivity contribution >= 4 is 17.6 Å². The van der Waals surface area contributed by atoms with Crippen molar-refractivity contribution in [3.63, 3.8) is 0 Å². The van der Waals surface area contributed by atoms with Crippen molar-refractivity contribution in [1.82, 2.24) is 19.1 Å². The molecule has 0 radical (unpaired) electrons. The Bertz CT molecular complexity index is 1120. The summed E-state index contributed by atoms with van der Waals surface area (Å²) in [6, 6.07) is 15.4. The summed E-state index contributed by atoms with van der Waals surface area (Å²) < 4.78 is 26.8. The molecule has 0 fully saturated rings. The van der Waals surface area contributed by atoms with Crippen molar-refractivity contribution in [3.05, 3.63) is 78.4 Å². The van der Waals surface area contributed by atoms with Crippen molar-refractivity contribution in [1.29, 1.82) is 0 Å². The van der Waals surface area contributed by atoms with Crippen LogP contribution >= 0.6 is 11.9 Å². The van der Waals surface area contributed by atoms with Crippen LogP contribution in [0.4, 0.5) is 4.39 Å². The molecule has 2 aromatic heterocycles. The molecule has 4 rings (SSSR count). The molecule has 0 unspecified atom stereocenters. The molecule has 0 saturated heterocycles. The first-order valence-corrected chi connectivity index (χ1v) is 10.3. The summed E-state index contributed by atoms with van der Waals surface area (Å²) in [5.41, 5.74) is 3.15. The van der Waals surface area contributed by atoms with Crippen molar-refractivity contribution in [3.8, 4) is 17.0 Å². The lowest BCUT2D eigenvalue weighted by Crippen LogP contribution is -2.10. The van der Waals surface area contributed by atoms with Crippen LogP contribution in [0.3, 0.4) is 0 Å². The summed E-state index contributed by atoms with van der Waals surface area (Å²) in [5, 5.41) is 14.7. The first-order valence-electron chi connectivity index (χ1n) is 9.57. The molecule has 9 heteroatoms. The van der Waals surface area contributed by atoms with E-state index >= 15 is 0 Å². The molecule has 0 atom stereocenters. The summed E-state index contributed by atoms with van der Waals surface area (Å²) in [5.74, 6) is 0.330. The van der Waals surface area contributed by atoms with Crippen molar-refractivity contribution in [2.45, 2.75) is 11.4 Å². The highest BCUT2D eigenvalue weighted by Crippen LogP contribution is 2.29. The van der Waals surface area contributed by atoms with E-state index in [1.165, 1.54) is 12.1 Å². The largest absolute Gasteiger partial charge is 0.491 e. The third kappa shape index (κ3) is 5.59. The Balaban J connectivity index is 1.58. The second-order valence-electron chi connectivity index (χ2n) is 6.71. The molecule has 0 aliphatic rings. The van der Waals surface area contributed by atoms with Gasteiger partial charge in [-0.1, -0.05) is 0 Å². The van der Waals surface area contributed by atoms with E-state index < -0.39 is 0 Å². The third-order valence-electron chi connectivity index (χ3n) is 4.40. The Kier molecular flexibility index (Phi) is 6.78. The average Bonchev–Trinajstić information content (AvgIpc) is 3.20. The minimum absolute atomic E-state index is 0.224. The Labute approximate surface area is 183 Å². The van der Waals surface area contributed by atoms with Gasteiger partial charge in [-0.3, -0.25) is 0 Å². The van der Waals surface area contributed by atoms with E-state index in [0.717, 1.165) is 43.8 Å². The van der Waals surface area contributed by atoms with Gasteiger partial charge in [0.05, 0.1) is 25.0 Å². The smallest absolute Gasteiger partial charge is 0.154 e. The normalized spacial score (nSPS) is 11.4. The van der Waals surface area contributed by atoms with E-state index in [1.54, 1.807) is 30.0 Å². The molecular weight excluding hydrogens is 419 g/mol. The molecule has 31 heavy (non-hydrogen) atoms. The van der Waals surface area contributed by atoms with E-state index in [9.17, 15) is 9.60 Å². The van der Waals surface area contributed by atoms with Crippen molar-refractivity contribution in [2.24, 2.45) is 0 Å². The molecule has 0 bridgehead atoms. The van der Waals surface area contributed by atoms with Crippen LogP contribution < -0.4 is 4.74 Å². The summed E-state index contributed by atoms with van der Waals surface area (Å²) >= 11 is 1.11. The van der Waals surface area contributed by atoms with E-state index in [0.29, 0.717) is 19.0 Å². The number of nitrogens with zero attached hydrogens (tertiary/aromatic N) is 4. The van der Waals surface area contributed by atoms with Gasteiger partial charge >= 0.3 is 0 Å². The molecule has 0 saturated carbocycles. The zero-order chi connectivity index (χ0) is 21.6.